The Morgan fingerprint density at radius 3 is 2.44 bits per heavy atom. The van der Waals surface area contributed by atoms with Crippen LogP contribution in [-0.4, -0.2) is 75.4 Å². The van der Waals surface area contributed by atoms with E-state index < -0.39 is 48.4 Å². The van der Waals surface area contributed by atoms with Crippen LogP contribution in [0.25, 0.3) is 0 Å². The number of H-pyrrole nitrogens is 1. The van der Waals surface area contributed by atoms with Gasteiger partial charge in [-0.15, -0.1) is 0 Å². The molecule has 0 aliphatic heterocycles. The van der Waals surface area contributed by atoms with Crippen LogP contribution >= 0.6 is 11.8 Å². The SMILES string of the molecule is CSCCC(NC(=O)C(N)Cc1ccccc1)C(=O)NCC(=O)NC(Cc1cnc[nH]1)C(=O)O. The summed E-state index contributed by atoms with van der Waals surface area (Å²) >= 11 is 1.51. The molecule has 0 fully saturated rings. The van der Waals surface area contributed by atoms with Crippen molar-refractivity contribution in [1.82, 2.24) is 25.9 Å². The third-order valence-corrected chi connectivity index (χ3v) is 5.56. The number of nitrogens with one attached hydrogen (secondary N) is 4. The summed E-state index contributed by atoms with van der Waals surface area (Å²) in [5.74, 6) is -2.31. The maximum Gasteiger partial charge on any atom is 0.326 e. The predicted octanol–water partition coefficient (Wildman–Crippen LogP) is -0.554. The summed E-state index contributed by atoms with van der Waals surface area (Å²) in [5.41, 5.74) is 7.45. The van der Waals surface area contributed by atoms with Gasteiger partial charge in [0.15, 0.2) is 0 Å². The summed E-state index contributed by atoms with van der Waals surface area (Å²) in [5, 5.41) is 16.8. The van der Waals surface area contributed by atoms with Gasteiger partial charge in [-0.25, -0.2) is 9.78 Å². The van der Waals surface area contributed by atoms with Crippen LogP contribution in [0.1, 0.15) is 17.7 Å². The fraction of sp³-hybridized carbons (Fsp3) is 0.409. The monoisotopic (exact) mass is 490 g/mol. The quantitative estimate of drug-likeness (QED) is 0.204. The lowest BCUT2D eigenvalue weighted by Gasteiger charge is -2.21. The first-order valence-electron chi connectivity index (χ1n) is 10.7. The molecule has 0 spiro atoms. The smallest absolute Gasteiger partial charge is 0.326 e. The molecule has 12 heteroatoms. The number of hydrogen-bond donors (Lipinski definition) is 6. The van der Waals surface area contributed by atoms with Crippen LogP contribution in [0.15, 0.2) is 42.9 Å². The van der Waals surface area contributed by atoms with E-state index in [2.05, 4.69) is 25.9 Å². The highest BCUT2D eigenvalue weighted by Gasteiger charge is 2.25. The van der Waals surface area contributed by atoms with Crippen molar-refractivity contribution >= 4 is 35.5 Å². The Morgan fingerprint density at radius 2 is 1.82 bits per heavy atom. The number of carbonyl (C=O) groups excluding carboxylic acids is 3. The van der Waals surface area contributed by atoms with E-state index in [0.717, 1.165) is 5.56 Å². The number of benzene rings is 1. The van der Waals surface area contributed by atoms with Gasteiger partial charge in [0.25, 0.3) is 0 Å². The van der Waals surface area contributed by atoms with E-state index in [-0.39, 0.29) is 6.42 Å². The summed E-state index contributed by atoms with van der Waals surface area (Å²) in [6.45, 7) is -0.437. The molecular formula is C22H30N6O5S. The molecule has 0 radical (unpaired) electrons. The summed E-state index contributed by atoms with van der Waals surface area (Å²) in [7, 11) is 0. The maximum atomic E-state index is 12.7. The van der Waals surface area contributed by atoms with Gasteiger partial charge in [-0.2, -0.15) is 11.8 Å². The zero-order valence-corrected chi connectivity index (χ0v) is 19.6. The lowest BCUT2D eigenvalue weighted by Crippen LogP contribution is -2.54. The third-order valence-electron chi connectivity index (χ3n) is 4.91. The number of carbonyl (C=O) groups is 4. The van der Waals surface area contributed by atoms with Gasteiger partial charge in [-0.1, -0.05) is 30.3 Å². The zero-order chi connectivity index (χ0) is 24.9. The van der Waals surface area contributed by atoms with E-state index >= 15 is 0 Å². The second kappa shape index (κ2) is 14.0. The largest absolute Gasteiger partial charge is 0.480 e. The van der Waals surface area contributed by atoms with Gasteiger partial charge < -0.3 is 31.8 Å². The first kappa shape index (κ1) is 26.9. The molecule has 0 aliphatic carbocycles. The summed E-state index contributed by atoms with van der Waals surface area (Å²) in [6.07, 6.45) is 5.42. The topological polar surface area (TPSA) is 179 Å². The summed E-state index contributed by atoms with van der Waals surface area (Å²) < 4.78 is 0. The van der Waals surface area contributed by atoms with Crippen LogP contribution in [0, 0.1) is 0 Å². The van der Waals surface area contributed by atoms with Gasteiger partial charge in [-0.3, -0.25) is 14.4 Å². The van der Waals surface area contributed by atoms with Crippen LogP contribution in [-0.2, 0) is 32.0 Å². The van der Waals surface area contributed by atoms with Gasteiger partial charge in [0, 0.05) is 18.3 Å². The molecule has 34 heavy (non-hydrogen) atoms. The Bertz CT molecular complexity index is 941. The van der Waals surface area contributed by atoms with Gasteiger partial charge in [-0.05, 0) is 30.4 Å². The molecular weight excluding hydrogens is 460 g/mol. The third kappa shape index (κ3) is 9.24. The van der Waals surface area contributed by atoms with E-state index in [1.54, 1.807) is 0 Å². The van der Waals surface area contributed by atoms with Gasteiger partial charge in [0.05, 0.1) is 18.9 Å². The van der Waals surface area contributed by atoms with Crippen molar-refractivity contribution in [2.24, 2.45) is 5.73 Å². The van der Waals surface area contributed by atoms with E-state index in [1.165, 1.54) is 24.3 Å². The Kier molecular flexibility index (Phi) is 11.1. The molecule has 3 atom stereocenters. The van der Waals surface area contributed by atoms with Crippen molar-refractivity contribution in [2.75, 3.05) is 18.6 Å². The van der Waals surface area contributed by atoms with Crippen LogP contribution in [0.5, 0.6) is 0 Å². The molecule has 184 valence electrons. The van der Waals surface area contributed by atoms with E-state index in [0.29, 0.717) is 24.3 Å². The van der Waals surface area contributed by atoms with E-state index in [9.17, 15) is 24.3 Å². The summed E-state index contributed by atoms with van der Waals surface area (Å²) in [6, 6.07) is 6.38. The molecule has 1 aromatic carbocycles. The number of nitrogens with zero attached hydrogens (tertiary/aromatic N) is 1. The number of thioether (sulfide) groups is 1. The number of nitrogens with two attached hydrogens (primary N) is 1. The molecule has 3 unspecified atom stereocenters. The minimum absolute atomic E-state index is 0.0146. The normalized spacial score (nSPS) is 13.4. The highest BCUT2D eigenvalue weighted by atomic mass is 32.2. The molecule has 1 heterocycles. The second-order valence-corrected chi connectivity index (χ2v) is 8.58. The van der Waals surface area contributed by atoms with Crippen LogP contribution in [0.4, 0.5) is 0 Å². The predicted molar refractivity (Wildman–Crippen MR) is 128 cm³/mol. The van der Waals surface area contributed by atoms with Crippen molar-refractivity contribution in [3.8, 4) is 0 Å². The first-order chi connectivity index (χ1) is 16.3. The van der Waals surface area contributed by atoms with E-state index in [4.69, 9.17) is 5.73 Å². The number of aromatic amines is 1. The Balaban J connectivity index is 1.88. The molecule has 0 saturated heterocycles. The number of carboxylic acid groups (broad SMARTS) is 1. The minimum Gasteiger partial charge on any atom is -0.480 e. The maximum absolute atomic E-state index is 12.7. The molecule has 2 rings (SSSR count). The average Bonchev–Trinajstić information content (AvgIpc) is 3.33. The molecule has 1 aromatic heterocycles. The number of aliphatic carboxylic acids is 1. The number of carboxylic acids is 1. The second-order valence-electron chi connectivity index (χ2n) is 7.60. The number of hydrogen-bond acceptors (Lipinski definition) is 7. The molecule has 7 N–H and O–H groups in total. The molecule has 0 aliphatic rings. The summed E-state index contributed by atoms with van der Waals surface area (Å²) in [4.78, 5) is 55.5. The van der Waals surface area contributed by atoms with Crippen LogP contribution in [0.3, 0.4) is 0 Å². The molecule has 2 aromatic rings. The first-order valence-corrected chi connectivity index (χ1v) is 12.1. The highest BCUT2D eigenvalue weighted by Crippen LogP contribution is 2.05. The minimum atomic E-state index is -1.22. The Hall–Kier alpha value is -3.38. The standard InChI is InChI=1S/C22H30N6O5S/c1-34-8-7-17(28-20(30)16(23)9-14-5-3-2-4-6-14)21(31)25-12-19(29)27-18(22(32)33)10-15-11-24-13-26-15/h2-6,11,13,16-18H,7-10,12,23H2,1H3,(H,24,26)(H,25,31)(H,27,29)(H,28,30)(H,32,33). The van der Waals surface area contributed by atoms with Crippen LogP contribution < -0.4 is 21.7 Å². The van der Waals surface area contributed by atoms with Crippen molar-refractivity contribution in [2.45, 2.75) is 37.4 Å². The molecule has 11 nitrogen and oxygen atoms in total. The number of imidazole rings is 1. The van der Waals surface area contributed by atoms with Crippen molar-refractivity contribution in [3.63, 3.8) is 0 Å². The lowest BCUT2D eigenvalue weighted by molar-refractivity contribution is -0.141. The Morgan fingerprint density at radius 1 is 1.09 bits per heavy atom. The molecule has 3 amide bonds. The fourth-order valence-electron chi connectivity index (χ4n) is 3.10. The van der Waals surface area contributed by atoms with Gasteiger partial charge >= 0.3 is 5.97 Å². The fourth-order valence-corrected chi connectivity index (χ4v) is 3.57. The number of amides is 3. The molecule has 0 saturated carbocycles. The van der Waals surface area contributed by atoms with E-state index in [1.807, 2.05) is 36.6 Å². The van der Waals surface area contributed by atoms with Gasteiger partial charge in [0.2, 0.25) is 17.7 Å². The molecule has 0 bridgehead atoms. The van der Waals surface area contributed by atoms with Crippen LogP contribution in [0.2, 0.25) is 0 Å². The highest BCUT2D eigenvalue weighted by molar-refractivity contribution is 7.98. The van der Waals surface area contributed by atoms with Crippen molar-refractivity contribution < 1.29 is 24.3 Å². The van der Waals surface area contributed by atoms with Crippen molar-refractivity contribution in [3.05, 3.63) is 54.1 Å². The lowest BCUT2D eigenvalue weighted by atomic mass is 10.1. The van der Waals surface area contributed by atoms with Gasteiger partial charge in [0.1, 0.15) is 12.1 Å². The number of aromatic nitrogens is 2. The average molecular weight is 491 g/mol. The van der Waals surface area contributed by atoms with Crippen molar-refractivity contribution in [1.29, 1.82) is 0 Å². The zero-order valence-electron chi connectivity index (χ0n) is 18.8. The number of rotatable bonds is 14. The Labute approximate surface area is 201 Å².